The van der Waals surface area contributed by atoms with E-state index in [4.69, 9.17) is 14.6 Å². The van der Waals surface area contributed by atoms with Crippen molar-refractivity contribution < 1.29 is 58.9 Å². The van der Waals surface area contributed by atoms with Gasteiger partial charge in [-0.05, 0) is 12.1 Å². The van der Waals surface area contributed by atoms with Crippen LogP contribution in [0, 0.1) is 11.6 Å². The lowest BCUT2D eigenvalue weighted by Gasteiger charge is -2.35. The van der Waals surface area contributed by atoms with Crippen molar-refractivity contribution in [1.29, 1.82) is 0 Å². The van der Waals surface area contributed by atoms with Gasteiger partial charge in [0.25, 0.3) is 12.3 Å². The molecule has 3 heterocycles. The Hall–Kier alpha value is -3.99. The molecule has 2 N–H and O–H groups in total. The summed E-state index contributed by atoms with van der Waals surface area (Å²) in [5.41, 5.74) is 0.781. The predicted octanol–water partition coefficient (Wildman–Crippen LogP) is 4.26. The molecule has 4 rings (SSSR count). The molecule has 0 spiro atoms. The Morgan fingerprint density at radius 3 is 2.24 bits per heavy atom. The SMILES string of the molecule is O=C(C(F)F)N1CCc2nc(N3CCC(Oc4ccc(F)cc4F)CC3)c(NCC(F)F)nc2C1.O=C(O)C(F)(F)F. The molecule has 0 atom stereocenters. The third-order valence-electron chi connectivity index (χ3n) is 6.09. The van der Waals surface area contributed by atoms with Crippen molar-refractivity contribution in [2.75, 3.05) is 36.4 Å². The van der Waals surface area contributed by atoms with E-state index in [1.807, 2.05) is 4.90 Å². The number of aliphatic carboxylic acids is 1. The van der Waals surface area contributed by atoms with E-state index in [1.165, 1.54) is 6.07 Å². The monoisotopic (exact) mass is 617 g/mol. The number of piperidine rings is 1. The van der Waals surface area contributed by atoms with Gasteiger partial charge in [0.2, 0.25) is 0 Å². The second-order valence-electron chi connectivity index (χ2n) is 9.05. The van der Waals surface area contributed by atoms with Crippen LogP contribution in [0.25, 0.3) is 0 Å². The Balaban J connectivity index is 0.000000616. The van der Waals surface area contributed by atoms with Crippen LogP contribution >= 0.6 is 0 Å². The number of nitrogens with one attached hydrogen (secondary N) is 1. The third kappa shape index (κ3) is 8.75. The van der Waals surface area contributed by atoms with Crippen LogP contribution in [0.15, 0.2) is 18.2 Å². The maximum Gasteiger partial charge on any atom is 0.490 e. The molecule has 1 aromatic heterocycles. The summed E-state index contributed by atoms with van der Waals surface area (Å²) < 4.78 is 116. The lowest BCUT2D eigenvalue weighted by molar-refractivity contribution is -0.192. The zero-order chi connectivity index (χ0) is 31.2. The minimum atomic E-state index is -5.08. The molecule has 0 saturated carbocycles. The Labute approximate surface area is 232 Å². The minimum absolute atomic E-state index is 0.0489. The summed E-state index contributed by atoms with van der Waals surface area (Å²) >= 11 is 0. The number of carbonyl (C=O) groups is 2. The number of halogens is 9. The number of carbonyl (C=O) groups excluding carboxylic acids is 1. The number of anilines is 2. The summed E-state index contributed by atoms with van der Waals surface area (Å²) in [5, 5.41) is 9.68. The fourth-order valence-electron chi connectivity index (χ4n) is 4.10. The van der Waals surface area contributed by atoms with E-state index in [2.05, 4.69) is 15.3 Å². The fourth-order valence-corrected chi connectivity index (χ4v) is 4.10. The van der Waals surface area contributed by atoms with E-state index in [0.29, 0.717) is 37.4 Å². The van der Waals surface area contributed by atoms with Gasteiger partial charge in [-0.25, -0.2) is 32.3 Å². The van der Waals surface area contributed by atoms with Crippen LogP contribution in [-0.2, 0) is 22.6 Å². The summed E-state index contributed by atoms with van der Waals surface area (Å²) in [6, 6.07) is 3.07. The smallest absolute Gasteiger partial charge is 0.487 e. The van der Waals surface area contributed by atoms with Gasteiger partial charge in [-0.2, -0.15) is 22.0 Å². The van der Waals surface area contributed by atoms with Crippen LogP contribution in [0.3, 0.4) is 0 Å². The summed E-state index contributed by atoms with van der Waals surface area (Å²) in [7, 11) is 0. The number of alkyl halides is 7. The van der Waals surface area contributed by atoms with Crippen molar-refractivity contribution in [2.45, 2.75) is 50.9 Å². The minimum Gasteiger partial charge on any atom is -0.487 e. The molecule has 2 aromatic rings. The van der Waals surface area contributed by atoms with Crippen molar-refractivity contribution in [2.24, 2.45) is 0 Å². The molecule has 1 amide bonds. The van der Waals surface area contributed by atoms with E-state index in [0.717, 1.165) is 17.0 Å². The highest BCUT2D eigenvalue weighted by atomic mass is 19.4. The van der Waals surface area contributed by atoms with Crippen molar-refractivity contribution in [3.63, 3.8) is 0 Å². The Morgan fingerprint density at radius 2 is 1.69 bits per heavy atom. The molecule has 1 fully saturated rings. The number of hydrogen-bond acceptors (Lipinski definition) is 7. The van der Waals surface area contributed by atoms with Gasteiger partial charge in [0.15, 0.2) is 23.2 Å². The number of fused-ring (bicyclic) bond motifs is 1. The number of hydrogen-bond donors (Lipinski definition) is 2. The normalized spacial score (nSPS) is 15.7. The van der Waals surface area contributed by atoms with Crippen molar-refractivity contribution >= 4 is 23.5 Å². The van der Waals surface area contributed by atoms with Crippen LogP contribution in [-0.4, -0.2) is 83.2 Å². The molecule has 0 bridgehead atoms. The molecule has 2 aliphatic rings. The van der Waals surface area contributed by atoms with E-state index < -0.39 is 49.1 Å². The molecular weight excluding hydrogens is 593 g/mol. The quantitative estimate of drug-likeness (QED) is 0.444. The van der Waals surface area contributed by atoms with Gasteiger partial charge in [-0.1, -0.05) is 0 Å². The second-order valence-corrected chi connectivity index (χ2v) is 9.05. The zero-order valence-electron chi connectivity index (χ0n) is 21.5. The van der Waals surface area contributed by atoms with E-state index >= 15 is 0 Å². The Kier molecular flexibility index (Phi) is 10.7. The van der Waals surface area contributed by atoms with Crippen LogP contribution in [0.2, 0.25) is 0 Å². The second kappa shape index (κ2) is 13.8. The van der Waals surface area contributed by atoms with Crippen molar-refractivity contribution in [1.82, 2.24) is 14.9 Å². The van der Waals surface area contributed by atoms with Crippen LogP contribution in [0.1, 0.15) is 24.2 Å². The summed E-state index contributed by atoms with van der Waals surface area (Å²) in [6.07, 6.45) is -10.1. The van der Waals surface area contributed by atoms with E-state index in [-0.39, 0.29) is 42.9 Å². The number of nitrogens with zero attached hydrogens (tertiary/aromatic N) is 4. The van der Waals surface area contributed by atoms with Gasteiger partial charge in [0.05, 0.1) is 24.5 Å². The number of ether oxygens (including phenoxy) is 1. The number of benzene rings is 1. The lowest BCUT2D eigenvalue weighted by atomic mass is 10.1. The topological polar surface area (TPSA) is 108 Å². The Bertz CT molecular complexity index is 1260. The van der Waals surface area contributed by atoms with Gasteiger partial charge in [0.1, 0.15) is 11.9 Å². The molecule has 1 saturated heterocycles. The van der Waals surface area contributed by atoms with E-state index in [1.54, 1.807) is 0 Å². The Morgan fingerprint density at radius 1 is 1.05 bits per heavy atom. The van der Waals surface area contributed by atoms with Gasteiger partial charge in [0, 0.05) is 45.0 Å². The first kappa shape index (κ1) is 32.5. The maximum absolute atomic E-state index is 13.9. The van der Waals surface area contributed by atoms with Crippen LogP contribution < -0.4 is 15.0 Å². The number of carboxylic acids is 1. The molecule has 9 nitrogen and oxygen atoms in total. The summed E-state index contributed by atoms with van der Waals surface area (Å²) in [4.78, 5) is 32.3. The number of amides is 1. The summed E-state index contributed by atoms with van der Waals surface area (Å²) in [5.74, 6) is -5.23. The van der Waals surface area contributed by atoms with Gasteiger partial charge < -0.3 is 25.0 Å². The van der Waals surface area contributed by atoms with Crippen LogP contribution in [0.4, 0.5) is 51.1 Å². The number of rotatable bonds is 7. The molecule has 0 radical (unpaired) electrons. The standard InChI is InChI=1S/C22H23F6N5O2.C2HF3O2/c23-12-1-2-17(14(24)9-12)35-13-3-6-32(7-4-13)21-20(29-10-18(25)26)30-16-11-33(22(34)19(27)28)8-5-15(16)31-21;3-2(4,5)1(6)7/h1-2,9,13,18-19H,3-8,10-11H2,(H,29,30);(H,6,7). The van der Waals surface area contributed by atoms with Gasteiger partial charge in [-0.3, -0.25) is 4.79 Å². The lowest BCUT2D eigenvalue weighted by Crippen LogP contribution is -2.42. The molecule has 2 aliphatic heterocycles. The highest BCUT2D eigenvalue weighted by molar-refractivity contribution is 5.79. The average Bonchev–Trinajstić information content (AvgIpc) is 2.92. The highest BCUT2D eigenvalue weighted by Gasteiger charge is 2.38. The molecular formula is C24H24F9N5O4. The van der Waals surface area contributed by atoms with Gasteiger partial charge >= 0.3 is 18.6 Å². The molecule has 232 valence electrons. The molecule has 1 aromatic carbocycles. The molecule has 42 heavy (non-hydrogen) atoms. The summed E-state index contributed by atoms with van der Waals surface area (Å²) in [6.45, 7) is -0.0221. The molecule has 0 unspecified atom stereocenters. The molecule has 18 heteroatoms. The average molecular weight is 617 g/mol. The maximum atomic E-state index is 13.9. The van der Waals surface area contributed by atoms with Crippen LogP contribution in [0.5, 0.6) is 5.75 Å². The first-order valence-corrected chi connectivity index (χ1v) is 12.3. The number of aromatic nitrogens is 2. The molecule has 0 aliphatic carbocycles. The largest absolute Gasteiger partial charge is 0.490 e. The van der Waals surface area contributed by atoms with Gasteiger partial charge in [-0.15, -0.1) is 0 Å². The zero-order valence-corrected chi connectivity index (χ0v) is 21.5. The van der Waals surface area contributed by atoms with Crippen molar-refractivity contribution in [3.05, 3.63) is 41.2 Å². The first-order valence-electron chi connectivity index (χ1n) is 12.3. The van der Waals surface area contributed by atoms with Crippen molar-refractivity contribution in [3.8, 4) is 5.75 Å². The first-order chi connectivity index (χ1) is 19.6. The highest BCUT2D eigenvalue weighted by Crippen LogP contribution is 2.30. The predicted molar refractivity (Wildman–Crippen MR) is 128 cm³/mol. The third-order valence-corrected chi connectivity index (χ3v) is 6.09. The fraction of sp³-hybridized carbons (Fsp3) is 0.500. The number of carboxylic acid groups (broad SMARTS) is 1. The van der Waals surface area contributed by atoms with E-state index in [9.17, 15) is 44.3 Å².